The summed E-state index contributed by atoms with van der Waals surface area (Å²) >= 11 is 0. The van der Waals surface area contributed by atoms with Crippen molar-refractivity contribution in [1.29, 1.82) is 0 Å². The summed E-state index contributed by atoms with van der Waals surface area (Å²) in [5.74, 6) is 0.928. The van der Waals surface area contributed by atoms with Gasteiger partial charge in [0.25, 0.3) is 5.91 Å². The lowest BCUT2D eigenvalue weighted by atomic mass is 10.1. The quantitative estimate of drug-likeness (QED) is 0.610. The van der Waals surface area contributed by atoms with E-state index < -0.39 is 6.04 Å². The van der Waals surface area contributed by atoms with Crippen LogP contribution in [0.15, 0.2) is 54.6 Å². The number of nitrogens with one attached hydrogen (secondary N) is 1. The number of benzene rings is 2. The third-order valence-electron chi connectivity index (χ3n) is 4.98. The van der Waals surface area contributed by atoms with E-state index in [2.05, 4.69) is 5.32 Å². The maximum Gasteiger partial charge on any atom is 0.261 e. The minimum atomic E-state index is -0.586. The summed E-state index contributed by atoms with van der Waals surface area (Å²) < 4.78 is 11.0. The SMILES string of the molecule is CC[C@H](C)NC(=O)[C@H](CC)N(Cc1cccc(OC)c1)C(=O)COc1ccccc1. The van der Waals surface area contributed by atoms with Gasteiger partial charge in [0.1, 0.15) is 17.5 Å². The third-order valence-corrected chi connectivity index (χ3v) is 4.98. The number of carbonyl (C=O) groups is 2. The zero-order valence-corrected chi connectivity index (χ0v) is 18.3. The number of hydrogen-bond donors (Lipinski definition) is 1. The van der Waals surface area contributed by atoms with Crippen LogP contribution < -0.4 is 14.8 Å². The van der Waals surface area contributed by atoms with Crippen LogP contribution in [0.1, 0.15) is 39.2 Å². The van der Waals surface area contributed by atoms with Gasteiger partial charge >= 0.3 is 0 Å². The minimum absolute atomic E-state index is 0.0425. The Balaban J connectivity index is 2.22. The predicted octanol–water partition coefficient (Wildman–Crippen LogP) is 3.80. The van der Waals surface area contributed by atoms with Crippen molar-refractivity contribution in [2.75, 3.05) is 13.7 Å². The average Bonchev–Trinajstić information content (AvgIpc) is 2.78. The van der Waals surface area contributed by atoms with Gasteiger partial charge in [-0.1, -0.05) is 44.2 Å². The van der Waals surface area contributed by atoms with Gasteiger partial charge in [-0.25, -0.2) is 0 Å². The summed E-state index contributed by atoms with van der Waals surface area (Å²) in [6.07, 6.45) is 1.33. The summed E-state index contributed by atoms with van der Waals surface area (Å²) in [5, 5.41) is 3.00. The second-order valence-electron chi connectivity index (χ2n) is 7.22. The van der Waals surface area contributed by atoms with Gasteiger partial charge in [-0.05, 0) is 49.6 Å². The highest BCUT2D eigenvalue weighted by molar-refractivity contribution is 5.88. The Morgan fingerprint density at radius 1 is 1.00 bits per heavy atom. The number of nitrogens with zero attached hydrogens (tertiary/aromatic N) is 1. The molecule has 0 spiro atoms. The van der Waals surface area contributed by atoms with Crippen LogP contribution >= 0.6 is 0 Å². The molecule has 0 aliphatic heterocycles. The predicted molar refractivity (Wildman–Crippen MR) is 117 cm³/mol. The second kappa shape index (κ2) is 11.9. The molecule has 0 saturated carbocycles. The fraction of sp³-hybridized carbons (Fsp3) is 0.417. The van der Waals surface area contributed by atoms with Crippen molar-refractivity contribution in [2.24, 2.45) is 0 Å². The van der Waals surface area contributed by atoms with E-state index >= 15 is 0 Å². The van der Waals surface area contributed by atoms with Crippen LogP contribution in [0.25, 0.3) is 0 Å². The molecule has 0 aromatic heterocycles. The molecule has 6 nitrogen and oxygen atoms in total. The molecule has 0 saturated heterocycles. The van der Waals surface area contributed by atoms with Crippen molar-refractivity contribution < 1.29 is 19.1 Å². The number of para-hydroxylation sites is 1. The molecule has 0 unspecified atom stereocenters. The number of amides is 2. The van der Waals surface area contributed by atoms with Crippen LogP contribution in [-0.4, -0.2) is 42.5 Å². The van der Waals surface area contributed by atoms with Crippen molar-refractivity contribution in [2.45, 2.75) is 52.2 Å². The molecule has 2 rings (SSSR count). The monoisotopic (exact) mass is 412 g/mol. The molecular weight excluding hydrogens is 380 g/mol. The van der Waals surface area contributed by atoms with Gasteiger partial charge in [-0.15, -0.1) is 0 Å². The first-order valence-corrected chi connectivity index (χ1v) is 10.4. The van der Waals surface area contributed by atoms with Crippen LogP contribution in [0.5, 0.6) is 11.5 Å². The first-order valence-electron chi connectivity index (χ1n) is 10.4. The summed E-state index contributed by atoms with van der Waals surface area (Å²) in [4.78, 5) is 27.6. The molecule has 0 aliphatic rings. The first-order chi connectivity index (χ1) is 14.5. The summed E-state index contributed by atoms with van der Waals surface area (Å²) in [6, 6.07) is 16.1. The van der Waals surface area contributed by atoms with Crippen molar-refractivity contribution in [3.05, 3.63) is 60.2 Å². The van der Waals surface area contributed by atoms with E-state index in [4.69, 9.17) is 9.47 Å². The van der Waals surface area contributed by atoms with Gasteiger partial charge in [-0.3, -0.25) is 9.59 Å². The van der Waals surface area contributed by atoms with Crippen LogP contribution in [0.4, 0.5) is 0 Å². The molecular formula is C24H32N2O4. The molecule has 0 bridgehead atoms. The van der Waals surface area contributed by atoms with Gasteiger partial charge in [0.05, 0.1) is 7.11 Å². The maximum absolute atomic E-state index is 13.1. The number of carbonyl (C=O) groups excluding carboxylic acids is 2. The second-order valence-corrected chi connectivity index (χ2v) is 7.22. The molecule has 0 heterocycles. The highest BCUT2D eigenvalue weighted by Gasteiger charge is 2.29. The first kappa shape index (κ1) is 23.3. The van der Waals surface area contributed by atoms with Crippen LogP contribution in [0, 0.1) is 0 Å². The van der Waals surface area contributed by atoms with E-state index in [1.807, 2.05) is 63.2 Å². The van der Waals surface area contributed by atoms with Crippen LogP contribution in [0.2, 0.25) is 0 Å². The molecule has 162 valence electrons. The Bertz CT molecular complexity index is 810. The molecule has 0 aliphatic carbocycles. The van der Waals surface area contributed by atoms with Gasteiger partial charge in [0.15, 0.2) is 6.61 Å². The Morgan fingerprint density at radius 2 is 1.70 bits per heavy atom. The van der Waals surface area contributed by atoms with Gasteiger partial charge in [0, 0.05) is 12.6 Å². The highest BCUT2D eigenvalue weighted by Crippen LogP contribution is 2.18. The number of rotatable bonds is 11. The van der Waals surface area contributed by atoms with Crippen LogP contribution in [-0.2, 0) is 16.1 Å². The Morgan fingerprint density at radius 3 is 2.33 bits per heavy atom. The molecule has 2 aromatic carbocycles. The number of ether oxygens (including phenoxy) is 2. The largest absolute Gasteiger partial charge is 0.497 e. The lowest BCUT2D eigenvalue weighted by Gasteiger charge is -2.31. The summed E-state index contributed by atoms with van der Waals surface area (Å²) in [5.41, 5.74) is 0.886. The van der Waals surface area contributed by atoms with E-state index in [1.54, 1.807) is 24.1 Å². The van der Waals surface area contributed by atoms with Crippen molar-refractivity contribution in [3.8, 4) is 11.5 Å². The molecule has 1 N–H and O–H groups in total. The fourth-order valence-electron chi connectivity index (χ4n) is 3.07. The highest BCUT2D eigenvalue weighted by atomic mass is 16.5. The molecule has 0 radical (unpaired) electrons. The van der Waals surface area contributed by atoms with E-state index in [0.717, 1.165) is 12.0 Å². The van der Waals surface area contributed by atoms with Crippen molar-refractivity contribution >= 4 is 11.8 Å². The topological polar surface area (TPSA) is 67.9 Å². The van der Waals surface area contributed by atoms with Crippen LogP contribution in [0.3, 0.4) is 0 Å². The molecule has 6 heteroatoms. The maximum atomic E-state index is 13.1. The standard InChI is InChI=1S/C24H32N2O4/c1-5-18(3)25-24(28)22(6-2)26(16-19-11-10-14-21(15-19)29-4)23(27)17-30-20-12-8-7-9-13-20/h7-15,18,22H,5-6,16-17H2,1-4H3,(H,25,28)/t18-,22-/m0/s1. The van der Waals surface area contributed by atoms with Gasteiger partial charge in [0.2, 0.25) is 5.91 Å². The van der Waals surface area contributed by atoms with Crippen molar-refractivity contribution in [3.63, 3.8) is 0 Å². The van der Waals surface area contributed by atoms with E-state index in [9.17, 15) is 9.59 Å². The van der Waals surface area contributed by atoms with E-state index in [1.165, 1.54) is 0 Å². The van der Waals surface area contributed by atoms with E-state index in [0.29, 0.717) is 24.5 Å². The average molecular weight is 413 g/mol. The zero-order chi connectivity index (χ0) is 21.9. The lowest BCUT2D eigenvalue weighted by molar-refractivity contribution is -0.143. The smallest absolute Gasteiger partial charge is 0.261 e. The Labute approximate surface area is 179 Å². The molecule has 2 amide bonds. The number of hydrogen-bond acceptors (Lipinski definition) is 4. The minimum Gasteiger partial charge on any atom is -0.497 e. The molecule has 30 heavy (non-hydrogen) atoms. The van der Waals surface area contributed by atoms with Gasteiger partial charge < -0.3 is 19.7 Å². The number of methoxy groups -OCH3 is 1. The Hall–Kier alpha value is -3.02. The summed E-state index contributed by atoms with van der Waals surface area (Å²) in [6.45, 7) is 6.03. The van der Waals surface area contributed by atoms with Crippen molar-refractivity contribution in [1.82, 2.24) is 10.2 Å². The summed E-state index contributed by atoms with van der Waals surface area (Å²) in [7, 11) is 1.60. The third kappa shape index (κ3) is 6.79. The van der Waals surface area contributed by atoms with Gasteiger partial charge in [-0.2, -0.15) is 0 Å². The molecule has 0 fully saturated rings. The lowest BCUT2D eigenvalue weighted by Crippen LogP contribution is -2.51. The Kier molecular flexibility index (Phi) is 9.19. The fourth-order valence-corrected chi connectivity index (χ4v) is 3.07. The zero-order valence-electron chi connectivity index (χ0n) is 18.3. The normalized spacial score (nSPS) is 12.5. The van der Waals surface area contributed by atoms with E-state index in [-0.39, 0.29) is 24.5 Å². The molecule has 2 aromatic rings. The molecule has 2 atom stereocenters.